The molecule has 2 aromatic carbocycles. The van der Waals surface area contributed by atoms with Crippen LogP contribution >= 0.6 is 11.6 Å². The van der Waals surface area contributed by atoms with Gasteiger partial charge < -0.3 is 5.11 Å². The monoisotopic (exact) mass is 340 g/mol. The molecule has 0 aliphatic rings. The molecule has 0 aliphatic heterocycles. The zero-order valence-electron chi connectivity index (χ0n) is 12.0. The molecule has 0 amide bonds. The molecule has 0 atom stereocenters. The number of aliphatic carboxylic acids is 1. The summed E-state index contributed by atoms with van der Waals surface area (Å²) in [6.07, 6.45) is -3.12. The van der Waals surface area contributed by atoms with Crippen LogP contribution in [-0.4, -0.2) is 11.1 Å². The van der Waals surface area contributed by atoms with Crippen LogP contribution in [0.25, 0.3) is 11.6 Å². The summed E-state index contributed by atoms with van der Waals surface area (Å²) >= 11 is 5.99. The van der Waals surface area contributed by atoms with Gasteiger partial charge in [0.2, 0.25) is 0 Å². The summed E-state index contributed by atoms with van der Waals surface area (Å²) in [5.41, 5.74) is 0.700. The van der Waals surface area contributed by atoms with E-state index in [-0.39, 0.29) is 5.57 Å². The standard InChI is InChI=1S/C17H12ClF3O2/c1-10-2-5-12(9-15(10)18)14(16(22)23)8-11-3-6-13(7-4-11)17(19,20)21/h2-9H,1H3,(H,22,23)/b14-8-. The van der Waals surface area contributed by atoms with Crippen molar-refractivity contribution >= 4 is 29.2 Å². The summed E-state index contributed by atoms with van der Waals surface area (Å²) in [6, 6.07) is 9.07. The van der Waals surface area contributed by atoms with E-state index in [0.717, 1.165) is 17.7 Å². The smallest absolute Gasteiger partial charge is 0.416 e. The molecule has 0 spiro atoms. The third-order valence-electron chi connectivity index (χ3n) is 3.26. The number of hydrogen-bond donors (Lipinski definition) is 1. The van der Waals surface area contributed by atoms with Crippen LogP contribution in [-0.2, 0) is 11.0 Å². The third kappa shape index (κ3) is 4.13. The van der Waals surface area contributed by atoms with Crippen molar-refractivity contribution in [1.29, 1.82) is 0 Å². The number of hydrogen-bond acceptors (Lipinski definition) is 1. The molecular formula is C17H12ClF3O2. The molecule has 1 N–H and O–H groups in total. The zero-order chi connectivity index (χ0) is 17.2. The van der Waals surface area contributed by atoms with E-state index in [1.54, 1.807) is 19.1 Å². The van der Waals surface area contributed by atoms with E-state index in [0.29, 0.717) is 16.1 Å². The first-order valence-electron chi connectivity index (χ1n) is 6.57. The largest absolute Gasteiger partial charge is 0.478 e. The van der Waals surface area contributed by atoms with Crippen molar-refractivity contribution in [2.75, 3.05) is 0 Å². The maximum absolute atomic E-state index is 12.5. The Hall–Kier alpha value is -2.27. The highest BCUT2D eigenvalue weighted by atomic mass is 35.5. The number of carboxylic acids is 1. The minimum atomic E-state index is -4.43. The average Bonchev–Trinajstić information content (AvgIpc) is 2.47. The van der Waals surface area contributed by atoms with Gasteiger partial charge in [0.25, 0.3) is 0 Å². The highest BCUT2D eigenvalue weighted by molar-refractivity contribution is 6.32. The highest BCUT2D eigenvalue weighted by Gasteiger charge is 2.29. The number of carbonyl (C=O) groups is 1. The maximum Gasteiger partial charge on any atom is 0.416 e. The second kappa shape index (κ2) is 6.46. The Bertz CT molecular complexity index is 762. The Morgan fingerprint density at radius 1 is 1.13 bits per heavy atom. The van der Waals surface area contributed by atoms with Gasteiger partial charge in [0.1, 0.15) is 0 Å². The zero-order valence-corrected chi connectivity index (χ0v) is 12.7. The molecule has 0 heterocycles. The van der Waals surface area contributed by atoms with Gasteiger partial charge in [-0.3, -0.25) is 0 Å². The Balaban J connectivity index is 2.43. The molecule has 0 aliphatic carbocycles. The summed E-state index contributed by atoms with van der Waals surface area (Å²) in [4.78, 5) is 11.4. The molecule has 2 nitrogen and oxygen atoms in total. The fourth-order valence-corrected chi connectivity index (χ4v) is 2.14. The molecule has 0 fully saturated rings. The normalized spacial score (nSPS) is 12.3. The van der Waals surface area contributed by atoms with Gasteiger partial charge in [-0.25, -0.2) is 4.79 Å². The first-order valence-corrected chi connectivity index (χ1v) is 6.95. The summed E-state index contributed by atoms with van der Waals surface area (Å²) in [5, 5.41) is 9.76. The number of rotatable bonds is 3. The summed E-state index contributed by atoms with van der Waals surface area (Å²) < 4.78 is 37.6. The van der Waals surface area contributed by atoms with E-state index in [2.05, 4.69) is 0 Å². The van der Waals surface area contributed by atoms with E-state index >= 15 is 0 Å². The summed E-state index contributed by atoms with van der Waals surface area (Å²) in [5.74, 6) is -1.19. The summed E-state index contributed by atoms with van der Waals surface area (Å²) in [6.45, 7) is 1.78. The van der Waals surface area contributed by atoms with Crippen molar-refractivity contribution in [3.05, 3.63) is 69.7 Å². The Kier molecular flexibility index (Phi) is 4.80. The number of halogens is 4. The molecule has 0 radical (unpaired) electrons. The molecule has 23 heavy (non-hydrogen) atoms. The first kappa shape index (κ1) is 17.1. The third-order valence-corrected chi connectivity index (χ3v) is 3.67. The van der Waals surface area contributed by atoms with Gasteiger partial charge in [-0.1, -0.05) is 35.9 Å². The Morgan fingerprint density at radius 2 is 1.74 bits per heavy atom. The Labute approximate surface area is 135 Å². The summed E-state index contributed by atoms with van der Waals surface area (Å²) in [7, 11) is 0. The lowest BCUT2D eigenvalue weighted by Gasteiger charge is -2.08. The molecule has 0 unspecified atom stereocenters. The SMILES string of the molecule is Cc1ccc(/C(=C/c2ccc(C(F)(F)F)cc2)C(=O)O)cc1Cl. The molecule has 0 saturated heterocycles. The van der Waals surface area contributed by atoms with Gasteiger partial charge in [0, 0.05) is 5.02 Å². The van der Waals surface area contributed by atoms with Gasteiger partial charge in [-0.15, -0.1) is 0 Å². The van der Waals surface area contributed by atoms with Crippen LogP contribution in [0.4, 0.5) is 13.2 Å². The van der Waals surface area contributed by atoms with Crippen molar-refractivity contribution < 1.29 is 23.1 Å². The second-order valence-corrected chi connectivity index (χ2v) is 5.35. The number of alkyl halides is 3. The first-order chi connectivity index (χ1) is 10.7. The van der Waals surface area contributed by atoms with Gasteiger partial charge in [0.15, 0.2) is 0 Å². The number of aryl methyl sites for hydroxylation is 1. The topological polar surface area (TPSA) is 37.3 Å². The van der Waals surface area contributed by atoms with Crippen molar-refractivity contribution in [2.24, 2.45) is 0 Å². The van der Waals surface area contributed by atoms with Gasteiger partial charge in [-0.2, -0.15) is 13.2 Å². The van der Waals surface area contributed by atoms with E-state index in [9.17, 15) is 23.1 Å². The predicted octanol–water partition coefficient (Wildman–Crippen LogP) is 5.29. The maximum atomic E-state index is 12.5. The van der Waals surface area contributed by atoms with Crippen LogP contribution in [0.2, 0.25) is 5.02 Å². The van der Waals surface area contributed by atoms with E-state index in [4.69, 9.17) is 11.6 Å². The van der Waals surface area contributed by atoms with Crippen LogP contribution < -0.4 is 0 Å². The molecular weight excluding hydrogens is 329 g/mol. The molecule has 0 bridgehead atoms. The molecule has 6 heteroatoms. The quantitative estimate of drug-likeness (QED) is 0.608. The van der Waals surface area contributed by atoms with Gasteiger partial charge >= 0.3 is 12.1 Å². The minimum absolute atomic E-state index is 0.0494. The van der Waals surface area contributed by atoms with Crippen LogP contribution in [0.15, 0.2) is 42.5 Å². The number of carboxylic acid groups (broad SMARTS) is 1. The molecule has 2 aromatic rings. The molecule has 2 rings (SSSR count). The van der Waals surface area contributed by atoms with Crippen molar-refractivity contribution in [2.45, 2.75) is 13.1 Å². The second-order valence-electron chi connectivity index (χ2n) is 4.95. The Morgan fingerprint density at radius 3 is 2.22 bits per heavy atom. The van der Waals surface area contributed by atoms with E-state index < -0.39 is 17.7 Å². The van der Waals surface area contributed by atoms with Gasteiger partial charge in [0.05, 0.1) is 11.1 Å². The lowest BCUT2D eigenvalue weighted by molar-refractivity contribution is -0.137. The van der Waals surface area contributed by atoms with Crippen molar-refractivity contribution in [1.82, 2.24) is 0 Å². The molecule has 120 valence electrons. The van der Waals surface area contributed by atoms with E-state index in [1.807, 2.05) is 0 Å². The van der Waals surface area contributed by atoms with Crippen LogP contribution in [0, 0.1) is 6.92 Å². The molecule has 0 aromatic heterocycles. The van der Waals surface area contributed by atoms with Crippen LogP contribution in [0.3, 0.4) is 0 Å². The molecule has 0 saturated carbocycles. The van der Waals surface area contributed by atoms with Crippen molar-refractivity contribution in [3.8, 4) is 0 Å². The minimum Gasteiger partial charge on any atom is -0.478 e. The number of benzene rings is 2. The highest BCUT2D eigenvalue weighted by Crippen LogP contribution is 2.30. The van der Waals surface area contributed by atoms with Crippen LogP contribution in [0.5, 0.6) is 0 Å². The van der Waals surface area contributed by atoms with Crippen molar-refractivity contribution in [3.63, 3.8) is 0 Å². The van der Waals surface area contributed by atoms with E-state index in [1.165, 1.54) is 24.3 Å². The van der Waals surface area contributed by atoms with Gasteiger partial charge in [-0.05, 0) is 47.9 Å². The lowest BCUT2D eigenvalue weighted by Crippen LogP contribution is -2.04. The average molecular weight is 341 g/mol. The fourth-order valence-electron chi connectivity index (χ4n) is 1.96. The lowest BCUT2D eigenvalue weighted by atomic mass is 10.0. The fraction of sp³-hybridized carbons (Fsp3) is 0.118. The van der Waals surface area contributed by atoms with Crippen LogP contribution in [0.1, 0.15) is 22.3 Å². The predicted molar refractivity (Wildman–Crippen MR) is 83.1 cm³/mol.